The Kier molecular flexibility index (Phi) is 3.39. The molecule has 3 rings (SSSR count). The first kappa shape index (κ1) is 13.0. The Labute approximate surface area is 119 Å². The van der Waals surface area contributed by atoms with Crippen LogP contribution in [-0.4, -0.2) is 45.2 Å². The van der Waals surface area contributed by atoms with Crippen molar-refractivity contribution in [2.75, 3.05) is 29.5 Å². The third-order valence-electron chi connectivity index (χ3n) is 3.49. The van der Waals surface area contributed by atoms with Crippen LogP contribution in [0.1, 0.15) is 0 Å². The van der Waals surface area contributed by atoms with Gasteiger partial charge in [0.05, 0.1) is 5.39 Å². The molecule has 20 heavy (non-hydrogen) atoms. The van der Waals surface area contributed by atoms with Crippen molar-refractivity contribution in [2.24, 2.45) is 12.8 Å². The number of nitrogens with one attached hydrogen (secondary N) is 1. The molecule has 0 saturated carbocycles. The predicted molar refractivity (Wildman–Crippen MR) is 82.2 cm³/mol. The molecule has 0 aromatic carbocycles. The third kappa shape index (κ3) is 2.38. The van der Waals surface area contributed by atoms with E-state index in [2.05, 4.69) is 19.6 Å². The zero-order chi connectivity index (χ0) is 14.1. The lowest BCUT2D eigenvalue weighted by Gasteiger charge is -2.35. The Hall–Kier alpha value is -1.96. The normalized spacial score (nSPS) is 17.4. The van der Waals surface area contributed by atoms with Crippen molar-refractivity contribution in [3.63, 3.8) is 0 Å². The first-order valence-corrected chi connectivity index (χ1v) is 8.18. The van der Waals surface area contributed by atoms with Crippen LogP contribution in [0.15, 0.2) is 18.6 Å². The number of carbonyl (C=O) groups excluding carboxylic acids is 1. The molecule has 0 spiro atoms. The maximum absolute atomic E-state index is 10.9. The zero-order valence-electron chi connectivity index (χ0n) is 11.3. The minimum absolute atomic E-state index is 0.419. The summed E-state index contributed by atoms with van der Waals surface area (Å²) in [6.07, 6.45) is 3.60. The number of hydrogen-bond acceptors (Lipinski definition) is 4. The molecule has 1 saturated heterocycles. The number of aromatic nitrogens is 3. The van der Waals surface area contributed by atoms with Gasteiger partial charge in [0.2, 0.25) is 0 Å². The standard InChI is InChI=1S/C12H18N6OS/c1-17-3-2-9-10(17)14-8-15-11(9)18-4-6-20(7-5-18)16-12(13)19/h2-3,8,20H,4-7H2,1H3,(H3,13,16,19). The van der Waals surface area contributed by atoms with E-state index in [0.29, 0.717) is 0 Å². The van der Waals surface area contributed by atoms with Gasteiger partial charge in [0.1, 0.15) is 17.8 Å². The van der Waals surface area contributed by atoms with Gasteiger partial charge in [-0.25, -0.2) is 14.8 Å². The molecule has 0 aliphatic carbocycles. The predicted octanol–water partition coefficient (Wildman–Crippen LogP) is 0.373. The Morgan fingerprint density at radius 3 is 2.85 bits per heavy atom. The summed E-state index contributed by atoms with van der Waals surface area (Å²) in [5.74, 6) is 2.86. The summed E-state index contributed by atoms with van der Waals surface area (Å²) in [5, 5.41) is 1.07. The molecule has 3 heterocycles. The molecule has 8 heteroatoms. The van der Waals surface area contributed by atoms with Crippen LogP contribution in [0.25, 0.3) is 11.0 Å². The lowest BCUT2D eigenvalue weighted by atomic mass is 10.3. The highest BCUT2D eigenvalue weighted by atomic mass is 32.2. The Balaban J connectivity index is 1.78. The average Bonchev–Trinajstić information content (AvgIpc) is 2.81. The fourth-order valence-corrected chi connectivity index (χ4v) is 4.23. The molecule has 1 aliphatic rings. The van der Waals surface area contributed by atoms with Gasteiger partial charge in [0.15, 0.2) is 0 Å². The van der Waals surface area contributed by atoms with Crippen molar-refractivity contribution in [2.45, 2.75) is 0 Å². The minimum Gasteiger partial charge on any atom is -0.354 e. The van der Waals surface area contributed by atoms with Gasteiger partial charge >= 0.3 is 6.03 Å². The quantitative estimate of drug-likeness (QED) is 0.698. The molecule has 2 amide bonds. The van der Waals surface area contributed by atoms with E-state index in [9.17, 15) is 4.79 Å². The molecule has 1 aliphatic heterocycles. The van der Waals surface area contributed by atoms with Crippen LogP contribution in [0.5, 0.6) is 0 Å². The maximum Gasteiger partial charge on any atom is 0.320 e. The molecule has 2 aromatic rings. The van der Waals surface area contributed by atoms with E-state index >= 15 is 0 Å². The molecule has 3 N–H and O–H groups in total. The molecule has 0 unspecified atom stereocenters. The highest BCUT2D eigenvalue weighted by Crippen LogP contribution is 2.29. The number of aryl methyl sites for hydroxylation is 1. The molecule has 1 fully saturated rings. The van der Waals surface area contributed by atoms with Crippen molar-refractivity contribution in [3.8, 4) is 0 Å². The average molecular weight is 294 g/mol. The number of nitrogens with two attached hydrogens (primary N) is 1. The van der Waals surface area contributed by atoms with Gasteiger partial charge in [-0.05, 0) is 6.07 Å². The highest BCUT2D eigenvalue weighted by molar-refractivity contribution is 8.15. The SMILES string of the molecule is Cn1ccc2c(N3CC[SH](NC(N)=O)CC3)ncnc21. The number of anilines is 1. The van der Waals surface area contributed by atoms with Crippen LogP contribution in [-0.2, 0) is 7.05 Å². The van der Waals surface area contributed by atoms with Crippen molar-refractivity contribution >= 4 is 34.0 Å². The van der Waals surface area contributed by atoms with E-state index in [0.717, 1.165) is 41.4 Å². The van der Waals surface area contributed by atoms with Crippen molar-refractivity contribution in [1.82, 2.24) is 19.3 Å². The number of nitrogens with zero attached hydrogens (tertiary/aromatic N) is 4. The van der Waals surface area contributed by atoms with E-state index in [1.54, 1.807) is 6.33 Å². The van der Waals surface area contributed by atoms with E-state index in [4.69, 9.17) is 5.73 Å². The van der Waals surface area contributed by atoms with Crippen molar-refractivity contribution in [1.29, 1.82) is 0 Å². The van der Waals surface area contributed by atoms with Crippen LogP contribution in [0.3, 0.4) is 0 Å². The van der Waals surface area contributed by atoms with E-state index in [1.165, 1.54) is 0 Å². The summed E-state index contributed by atoms with van der Waals surface area (Å²) in [6.45, 7) is 1.76. The first-order valence-electron chi connectivity index (χ1n) is 6.47. The van der Waals surface area contributed by atoms with E-state index in [1.807, 2.05) is 23.9 Å². The lowest BCUT2D eigenvalue weighted by Crippen LogP contribution is -2.40. The van der Waals surface area contributed by atoms with Gasteiger partial charge in [-0.15, -0.1) is 0 Å². The number of fused-ring (bicyclic) bond motifs is 1. The fraction of sp³-hybridized carbons (Fsp3) is 0.417. The van der Waals surface area contributed by atoms with Crippen LogP contribution >= 0.6 is 11.1 Å². The molecule has 2 aromatic heterocycles. The molecule has 0 bridgehead atoms. The largest absolute Gasteiger partial charge is 0.354 e. The first-order chi connectivity index (χ1) is 9.65. The number of urea groups is 1. The highest BCUT2D eigenvalue weighted by Gasteiger charge is 2.20. The topological polar surface area (TPSA) is 89.1 Å². The van der Waals surface area contributed by atoms with E-state index < -0.39 is 17.1 Å². The smallest absolute Gasteiger partial charge is 0.320 e. The summed E-state index contributed by atoms with van der Waals surface area (Å²) in [5.41, 5.74) is 6.12. The van der Waals surface area contributed by atoms with Crippen molar-refractivity contribution in [3.05, 3.63) is 18.6 Å². The molecular formula is C12H18N6OS. The Morgan fingerprint density at radius 2 is 2.15 bits per heavy atom. The second-order valence-electron chi connectivity index (χ2n) is 4.81. The summed E-state index contributed by atoms with van der Waals surface area (Å²) in [4.78, 5) is 21.9. The summed E-state index contributed by atoms with van der Waals surface area (Å²) < 4.78 is 4.83. The molecule has 7 nitrogen and oxygen atoms in total. The molecule has 0 atom stereocenters. The summed E-state index contributed by atoms with van der Waals surface area (Å²) in [7, 11) is 1.98. The number of rotatable bonds is 2. The van der Waals surface area contributed by atoms with Crippen LogP contribution < -0.4 is 15.4 Å². The maximum atomic E-state index is 10.9. The van der Waals surface area contributed by atoms with Crippen LogP contribution in [0, 0.1) is 0 Å². The van der Waals surface area contributed by atoms with Crippen LogP contribution in [0.4, 0.5) is 10.6 Å². The molecule has 0 radical (unpaired) electrons. The van der Waals surface area contributed by atoms with Gasteiger partial charge in [-0.3, -0.25) is 0 Å². The number of hydrogen-bond donors (Lipinski definition) is 3. The monoisotopic (exact) mass is 294 g/mol. The number of thiol groups is 1. The van der Waals surface area contributed by atoms with Gasteiger partial charge in [-0.1, -0.05) is 0 Å². The van der Waals surface area contributed by atoms with Crippen LogP contribution in [0.2, 0.25) is 0 Å². The second-order valence-corrected chi connectivity index (χ2v) is 7.01. The minimum atomic E-state index is -0.481. The molecule has 108 valence electrons. The molecular weight excluding hydrogens is 276 g/mol. The van der Waals surface area contributed by atoms with Gasteiger partial charge in [0, 0.05) is 37.8 Å². The number of amides is 2. The van der Waals surface area contributed by atoms with Gasteiger partial charge < -0.3 is 19.9 Å². The lowest BCUT2D eigenvalue weighted by molar-refractivity contribution is 0.254. The second kappa shape index (κ2) is 5.20. The Bertz CT molecular complexity index is 634. The van der Waals surface area contributed by atoms with E-state index in [-0.39, 0.29) is 0 Å². The number of carbonyl (C=O) groups is 1. The summed E-state index contributed by atoms with van der Waals surface area (Å²) in [6, 6.07) is 1.63. The zero-order valence-corrected chi connectivity index (χ0v) is 12.2. The Morgan fingerprint density at radius 1 is 1.40 bits per heavy atom. The van der Waals surface area contributed by atoms with Crippen molar-refractivity contribution < 1.29 is 4.79 Å². The third-order valence-corrected chi connectivity index (χ3v) is 5.50. The number of primary amides is 1. The fourth-order valence-electron chi connectivity index (χ4n) is 2.50. The summed E-state index contributed by atoms with van der Waals surface area (Å²) >= 11 is -0.481. The van der Waals surface area contributed by atoms with Gasteiger partial charge in [-0.2, -0.15) is 11.1 Å². The van der Waals surface area contributed by atoms with Gasteiger partial charge in [0.25, 0.3) is 0 Å².